The van der Waals surface area contributed by atoms with E-state index in [1.54, 1.807) is 24.4 Å². The molecule has 0 radical (unpaired) electrons. The predicted octanol–water partition coefficient (Wildman–Crippen LogP) is 1.86. The van der Waals surface area contributed by atoms with Crippen LogP contribution >= 0.6 is 11.3 Å². The van der Waals surface area contributed by atoms with Crippen molar-refractivity contribution < 1.29 is 29.2 Å². The lowest BCUT2D eigenvalue weighted by Crippen LogP contribution is -2.48. The lowest BCUT2D eigenvalue weighted by molar-refractivity contribution is -0.385. The topological polar surface area (TPSA) is 138 Å². The molecule has 2 saturated heterocycles. The van der Waals surface area contributed by atoms with Gasteiger partial charge in [-0.3, -0.25) is 29.4 Å². The number of carbonyl (C=O) groups excluding carboxylic acids is 3. The second-order valence-corrected chi connectivity index (χ2v) is 8.64. The Morgan fingerprint density at radius 1 is 1.16 bits per heavy atom. The van der Waals surface area contributed by atoms with Gasteiger partial charge in [0.1, 0.15) is 6.04 Å². The Morgan fingerprint density at radius 3 is 2.47 bits per heavy atom. The molecular formula is C21H19N3O7S. The molecule has 2 fully saturated rings. The Kier molecular flexibility index (Phi) is 5.51. The van der Waals surface area contributed by atoms with Crippen molar-refractivity contribution in [3.8, 4) is 0 Å². The number of nitro groups is 1. The molecule has 4 atom stereocenters. The number of amides is 3. The zero-order valence-corrected chi connectivity index (χ0v) is 17.7. The molecule has 0 aliphatic carbocycles. The maximum atomic E-state index is 13.3. The number of likely N-dealkylation sites (tertiary alicyclic amines) is 2. The van der Waals surface area contributed by atoms with Crippen LogP contribution in [-0.4, -0.2) is 56.1 Å². The molecule has 2 aliphatic heterocycles. The second kappa shape index (κ2) is 8.15. The zero-order valence-electron chi connectivity index (χ0n) is 16.9. The number of fused-ring (bicyclic) bond motifs is 1. The van der Waals surface area contributed by atoms with Gasteiger partial charge in [0.15, 0.2) is 0 Å². The highest BCUT2D eigenvalue weighted by Gasteiger charge is 2.65. The van der Waals surface area contributed by atoms with Gasteiger partial charge in [0.05, 0.1) is 29.2 Å². The third-order valence-corrected chi connectivity index (χ3v) is 6.83. The van der Waals surface area contributed by atoms with Crippen molar-refractivity contribution in [3.63, 3.8) is 0 Å². The molecule has 2 aliphatic rings. The number of imide groups is 1. The third-order valence-electron chi connectivity index (χ3n) is 5.95. The van der Waals surface area contributed by atoms with E-state index in [9.17, 15) is 34.4 Å². The Hall–Kier alpha value is -3.60. The first-order valence-corrected chi connectivity index (χ1v) is 10.8. The number of hydrogen-bond acceptors (Lipinski definition) is 7. The molecule has 1 N–H and O–H groups in total. The van der Waals surface area contributed by atoms with Gasteiger partial charge in [0.2, 0.25) is 17.7 Å². The van der Waals surface area contributed by atoms with Crippen molar-refractivity contribution in [3.05, 3.63) is 62.3 Å². The van der Waals surface area contributed by atoms with Crippen molar-refractivity contribution in [2.24, 2.45) is 11.8 Å². The summed E-state index contributed by atoms with van der Waals surface area (Å²) in [6, 6.07) is 6.24. The molecule has 1 aromatic carbocycles. The van der Waals surface area contributed by atoms with Crippen LogP contribution in [-0.2, 0) is 25.6 Å². The number of carboxylic acids is 1. The van der Waals surface area contributed by atoms with Crippen molar-refractivity contribution in [2.45, 2.75) is 25.4 Å². The van der Waals surface area contributed by atoms with E-state index in [-0.39, 0.29) is 24.2 Å². The van der Waals surface area contributed by atoms with Gasteiger partial charge in [-0.05, 0) is 23.9 Å². The predicted molar refractivity (Wildman–Crippen MR) is 112 cm³/mol. The molecule has 3 heterocycles. The first-order chi connectivity index (χ1) is 15.3. The average Bonchev–Trinajstić information content (AvgIpc) is 3.44. The molecule has 0 spiro atoms. The molecule has 10 nitrogen and oxygen atoms in total. The number of nitrogens with zero attached hydrogens (tertiary/aromatic N) is 3. The minimum atomic E-state index is -1.55. The summed E-state index contributed by atoms with van der Waals surface area (Å²) in [5.41, 5.74) is -0.0100. The van der Waals surface area contributed by atoms with Gasteiger partial charge in [-0.1, -0.05) is 18.2 Å². The SMILES string of the molecule is CCN1C(=O)C2C(C1=O)C(c1cccc([N+](=O)[O-])c1)N(C(=O)Cc1cccs1)C2C(=O)O. The molecule has 0 bridgehead atoms. The summed E-state index contributed by atoms with van der Waals surface area (Å²) in [7, 11) is 0. The summed E-state index contributed by atoms with van der Waals surface area (Å²) in [5, 5.41) is 23.1. The Labute approximate surface area is 186 Å². The van der Waals surface area contributed by atoms with Crippen LogP contribution in [0.4, 0.5) is 5.69 Å². The van der Waals surface area contributed by atoms with Crippen LogP contribution in [0.5, 0.6) is 0 Å². The number of nitro benzene ring substituents is 1. The lowest BCUT2D eigenvalue weighted by atomic mass is 9.86. The highest BCUT2D eigenvalue weighted by Crippen LogP contribution is 2.50. The highest BCUT2D eigenvalue weighted by molar-refractivity contribution is 7.10. The molecule has 3 amide bonds. The van der Waals surface area contributed by atoms with E-state index >= 15 is 0 Å². The van der Waals surface area contributed by atoms with E-state index in [0.29, 0.717) is 4.88 Å². The van der Waals surface area contributed by atoms with Gasteiger partial charge in [0.25, 0.3) is 5.69 Å². The zero-order chi connectivity index (χ0) is 23.2. The Bertz CT molecular complexity index is 1120. The van der Waals surface area contributed by atoms with Gasteiger partial charge in [0, 0.05) is 23.6 Å². The van der Waals surface area contributed by atoms with E-state index in [1.807, 2.05) is 0 Å². The molecule has 2 aromatic rings. The minimum absolute atomic E-state index is 0.0712. The third kappa shape index (κ3) is 3.34. The number of hydrogen-bond donors (Lipinski definition) is 1. The summed E-state index contributed by atoms with van der Waals surface area (Å²) in [6.45, 7) is 1.68. The summed E-state index contributed by atoms with van der Waals surface area (Å²) in [6.07, 6.45) is -0.105. The lowest BCUT2D eigenvalue weighted by Gasteiger charge is -2.31. The summed E-state index contributed by atoms with van der Waals surface area (Å²) in [4.78, 5) is 65.2. The van der Waals surface area contributed by atoms with Crippen LogP contribution in [0.2, 0.25) is 0 Å². The van der Waals surface area contributed by atoms with Crippen LogP contribution < -0.4 is 0 Å². The van der Waals surface area contributed by atoms with E-state index < -0.39 is 52.5 Å². The van der Waals surface area contributed by atoms with E-state index in [0.717, 1.165) is 9.80 Å². The summed E-state index contributed by atoms with van der Waals surface area (Å²) in [5.74, 6) is -5.55. The maximum absolute atomic E-state index is 13.3. The van der Waals surface area contributed by atoms with Crippen molar-refractivity contribution in [1.82, 2.24) is 9.80 Å². The fourth-order valence-electron chi connectivity index (χ4n) is 4.70. The number of carboxylic acid groups (broad SMARTS) is 1. The molecular weight excluding hydrogens is 438 g/mol. The van der Waals surface area contributed by atoms with Crippen molar-refractivity contribution in [2.75, 3.05) is 6.54 Å². The fourth-order valence-corrected chi connectivity index (χ4v) is 5.39. The Balaban J connectivity index is 1.86. The van der Waals surface area contributed by atoms with Crippen LogP contribution in [0.25, 0.3) is 0 Å². The number of non-ortho nitro benzene ring substituents is 1. The van der Waals surface area contributed by atoms with Crippen molar-refractivity contribution >= 4 is 40.7 Å². The molecule has 0 saturated carbocycles. The first-order valence-electron chi connectivity index (χ1n) is 9.92. The molecule has 32 heavy (non-hydrogen) atoms. The van der Waals surface area contributed by atoms with Gasteiger partial charge < -0.3 is 10.0 Å². The number of carbonyl (C=O) groups is 4. The minimum Gasteiger partial charge on any atom is -0.480 e. The van der Waals surface area contributed by atoms with Crippen molar-refractivity contribution in [1.29, 1.82) is 0 Å². The van der Waals surface area contributed by atoms with Gasteiger partial charge in [-0.15, -0.1) is 11.3 Å². The molecule has 166 valence electrons. The fraction of sp³-hybridized carbons (Fsp3) is 0.333. The number of benzene rings is 1. The first kappa shape index (κ1) is 21.6. The van der Waals surface area contributed by atoms with Gasteiger partial charge >= 0.3 is 5.97 Å². The summed E-state index contributed by atoms with van der Waals surface area (Å²) < 4.78 is 0. The quantitative estimate of drug-likeness (QED) is 0.397. The number of thiophene rings is 1. The Morgan fingerprint density at radius 2 is 1.88 bits per heavy atom. The maximum Gasteiger partial charge on any atom is 0.327 e. The molecule has 11 heteroatoms. The van der Waals surface area contributed by atoms with Crippen LogP contribution in [0.1, 0.15) is 23.4 Å². The van der Waals surface area contributed by atoms with E-state index in [1.165, 1.54) is 35.6 Å². The smallest absolute Gasteiger partial charge is 0.327 e. The molecule has 4 unspecified atom stereocenters. The van der Waals surface area contributed by atoms with E-state index in [4.69, 9.17) is 0 Å². The van der Waals surface area contributed by atoms with Crippen LogP contribution in [0.15, 0.2) is 41.8 Å². The average molecular weight is 457 g/mol. The van der Waals surface area contributed by atoms with Crippen LogP contribution in [0.3, 0.4) is 0 Å². The normalized spacial score (nSPS) is 24.7. The van der Waals surface area contributed by atoms with Crippen LogP contribution in [0, 0.1) is 22.0 Å². The summed E-state index contributed by atoms with van der Waals surface area (Å²) >= 11 is 1.32. The largest absolute Gasteiger partial charge is 0.480 e. The van der Waals surface area contributed by atoms with Gasteiger partial charge in [-0.2, -0.15) is 0 Å². The second-order valence-electron chi connectivity index (χ2n) is 7.61. The molecule has 4 rings (SSSR count). The number of aliphatic carboxylic acids is 1. The van der Waals surface area contributed by atoms with E-state index in [2.05, 4.69) is 0 Å². The highest BCUT2D eigenvalue weighted by atomic mass is 32.1. The monoisotopic (exact) mass is 457 g/mol. The van der Waals surface area contributed by atoms with Gasteiger partial charge in [-0.25, -0.2) is 4.79 Å². The number of rotatable bonds is 6. The standard InChI is InChI=1S/C21H19N3O7S/c1-2-22-19(26)15-16(20(22)27)18(21(28)29)23(14(25)10-13-7-4-8-32-13)17(15)11-5-3-6-12(9-11)24(30)31/h3-9,15-18H,2,10H2,1H3,(H,28,29). The molecule has 1 aromatic heterocycles.